The average molecular weight is 354 g/mol. The van der Waals surface area contributed by atoms with Gasteiger partial charge < -0.3 is 9.32 Å². The first-order valence-corrected chi connectivity index (χ1v) is 8.67. The van der Waals surface area contributed by atoms with Crippen molar-refractivity contribution in [3.05, 3.63) is 96.0 Å². The van der Waals surface area contributed by atoms with E-state index < -0.39 is 0 Å². The van der Waals surface area contributed by atoms with Gasteiger partial charge in [0.25, 0.3) is 0 Å². The lowest BCUT2D eigenvalue weighted by atomic mass is 10.1. The lowest BCUT2D eigenvalue weighted by molar-refractivity contribution is 0.101. The molecular weight excluding hydrogens is 336 g/mol. The molecule has 0 spiro atoms. The number of benzene rings is 3. The first-order valence-electron chi connectivity index (χ1n) is 8.67. The minimum Gasteiger partial charge on any atom is -0.438 e. The SMILES string of the molecule is CC(=O)c1cc2ccc(N(c3ccccc3)c3ccccc3)cc2oc1=N. The van der Waals surface area contributed by atoms with Crippen LogP contribution in [0.25, 0.3) is 11.0 Å². The van der Waals surface area contributed by atoms with E-state index in [1.54, 1.807) is 6.07 Å². The minimum absolute atomic E-state index is 0.113. The fourth-order valence-electron chi connectivity index (χ4n) is 3.12. The van der Waals surface area contributed by atoms with Gasteiger partial charge in [0.2, 0.25) is 5.55 Å². The Balaban J connectivity index is 1.90. The number of Topliss-reactive ketones (excluding diaryl/α,β-unsaturated/α-hetero) is 1. The molecule has 1 N–H and O–H groups in total. The number of hydrogen-bond acceptors (Lipinski definition) is 4. The molecule has 1 heterocycles. The van der Waals surface area contributed by atoms with Crippen LogP contribution in [0.15, 0.2) is 89.3 Å². The summed E-state index contributed by atoms with van der Waals surface area (Å²) in [6, 6.07) is 27.7. The molecule has 0 atom stereocenters. The molecule has 0 unspecified atom stereocenters. The molecule has 132 valence electrons. The Kier molecular flexibility index (Phi) is 4.30. The number of rotatable bonds is 4. The van der Waals surface area contributed by atoms with E-state index in [1.165, 1.54) is 6.92 Å². The number of anilines is 3. The third-order valence-electron chi connectivity index (χ3n) is 4.42. The zero-order valence-electron chi connectivity index (χ0n) is 14.8. The van der Waals surface area contributed by atoms with Crippen LogP contribution in [0.3, 0.4) is 0 Å². The van der Waals surface area contributed by atoms with E-state index in [-0.39, 0.29) is 11.3 Å². The topological polar surface area (TPSA) is 57.3 Å². The van der Waals surface area contributed by atoms with Gasteiger partial charge in [0.1, 0.15) is 5.58 Å². The second kappa shape index (κ2) is 6.92. The van der Waals surface area contributed by atoms with E-state index in [1.807, 2.05) is 78.9 Å². The van der Waals surface area contributed by atoms with Gasteiger partial charge in [-0.25, -0.2) is 0 Å². The monoisotopic (exact) mass is 354 g/mol. The molecule has 1 aromatic heterocycles. The number of hydrogen-bond donors (Lipinski definition) is 1. The zero-order chi connectivity index (χ0) is 18.8. The molecule has 0 radical (unpaired) electrons. The highest BCUT2D eigenvalue weighted by molar-refractivity contribution is 5.97. The summed E-state index contributed by atoms with van der Waals surface area (Å²) in [4.78, 5) is 13.8. The largest absolute Gasteiger partial charge is 0.438 e. The molecule has 0 aliphatic rings. The number of fused-ring (bicyclic) bond motifs is 1. The Labute approximate surface area is 156 Å². The van der Waals surface area contributed by atoms with Crippen LogP contribution < -0.4 is 10.5 Å². The molecule has 4 nitrogen and oxygen atoms in total. The summed E-state index contributed by atoms with van der Waals surface area (Å²) in [6.07, 6.45) is 0. The molecule has 4 heteroatoms. The number of para-hydroxylation sites is 2. The first-order chi connectivity index (χ1) is 13.1. The van der Waals surface area contributed by atoms with Crippen molar-refractivity contribution in [2.45, 2.75) is 6.92 Å². The maximum absolute atomic E-state index is 11.7. The second-order valence-corrected chi connectivity index (χ2v) is 6.27. The summed E-state index contributed by atoms with van der Waals surface area (Å²) in [7, 11) is 0. The van der Waals surface area contributed by atoms with E-state index in [0.717, 1.165) is 22.4 Å². The Morgan fingerprint density at radius 3 is 1.96 bits per heavy atom. The highest BCUT2D eigenvalue weighted by Gasteiger charge is 2.14. The molecule has 0 fully saturated rings. The molecular formula is C23H18N2O2. The van der Waals surface area contributed by atoms with Gasteiger partial charge in [-0.15, -0.1) is 0 Å². The molecule has 0 bridgehead atoms. The predicted octanol–water partition coefficient (Wildman–Crippen LogP) is 5.58. The number of carbonyl (C=O) groups excluding carboxylic acids is 1. The molecule has 0 saturated carbocycles. The quantitative estimate of drug-likeness (QED) is 0.486. The summed E-state index contributed by atoms with van der Waals surface area (Å²) in [5.41, 5.74) is 3.71. The van der Waals surface area contributed by atoms with Crippen LogP contribution in [-0.4, -0.2) is 5.78 Å². The van der Waals surface area contributed by atoms with Gasteiger partial charge in [-0.05, 0) is 49.4 Å². The molecule has 0 aliphatic carbocycles. The molecule has 3 aromatic carbocycles. The van der Waals surface area contributed by atoms with Crippen LogP contribution in [0.5, 0.6) is 0 Å². The van der Waals surface area contributed by atoms with Crippen molar-refractivity contribution >= 4 is 33.8 Å². The van der Waals surface area contributed by atoms with Gasteiger partial charge in [0.05, 0.1) is 5.56 Å². The first kappa shape index (κ1) is 16.8. The highest BCUT2D eigenvalue weighted by Crippen LogP contribution is 2.35. The Bertz CT molecular complexity index is 1130. The van der Waals surface area contributed by atoms with E-state index in [9.17, 15) is 4.79 Å². The van der Waals surface area contributed by atoms with E-state index >= 15 is 0 Å². The normalized spacial score (nSPS) is 10.7. The van der Waals surface area contributed by atoms with Crippen LogP contribution in [0.4, 0.5) is 17.1 Å². The smallest absolute Gasteiger partial charge is 0.222 e. The van der Waals surface area contributed by atoms with Crippen molar-refractivity contribution in [3.63, 3.8) is 0 Å². The average Bonchev–Trinajstić information content (AvgIpc) is 2.69. The van der Waals surface area contributed by atoms with Crippen molar-refractivity contribution in [1.82, 2.24) is 0 Å². The highest BCUT2D eigenvalue weighted by atomic mass is 16.3. The number of nitrogens with zero attached hydrogens (tertiary/aromatic N) is 1. The van der Waals surface area contributed by atoms with Gasteiger partial charge >= 0.3 is 0 Å². The summed E-state index contributed by atoms with van der Waals surface area (Å²) in [5.74, 6) is -0.176. The number of carbonyl (C=O) groups is 1. The third kappa shape index (κ3) is 3.25. The van der Waals surface area contributed by atoms with Crippen LogP contribution in [-0.2, 0) is 0 Å². The summed E-state index contributed by atoms with van der Waals surface area (Å²) in [6.45, 7) is 1.44. The second-order valence-electron chi connectivity index (χ2n) is 6.27. The number of ketones is 1. The van der Waals surface area contributed by atoms with Gasteiger partial charge in [-0.2, -0.15) is 0 Å². The van der Waals surface area contributed by atoms with E-state index in [4.69, 9.17) is 9.83 Å². The van der Waals surface area contributed by atoms with Crippen LogP contribution in [0.1, 0.15) is 17.3 Å². The maximum Gasteiger partial charge on any atom is 0.222 e. The lowest BCUT2D eigenvalue weighted by Crippen LogP contribution is -2.12. The maximum atomic E-state index is 11.7. The standard InChI is InChI=1S/C23H18N2O2/c1-16(26)21-14-17-12-13-20(15-22(17)27-23(21)24)25(18-8-4-2-5-9-18)19-10-6-3-7-11-19/h2-15,24H,1H3. The lowest BCUT2D eigenvalue weighted by Gasteiger charge is -2.25. The van der Waals surface area contributed by atoms with Gasteiger partial charge in [-0.3, -0.25) is 10.2 Å². The van der Waals surface area contributed by atoms with Crippen LogP contribution >= 0.6 is 0 Å². The molecule has 0 aliphatic heterocycles. The summed E-state index contributed by atoms with van der Waals surface area (Å²) < 4.78 is 5.64. The predicted molar refractivity (Wildman–Crippen MR) is 107 cm³/mol. The van der Waals surface area contributed by atoms with Crippen molar-refractivity contribution in [3.8, 4) is 0 Å². The van der Waals surface area contributed by atoms with E-state index in [0.29, 0.717) is 11.1 Å². The molecule has 4 aromatic rings. The summed E-state index contributed by atoms with van der Waals surface area (Å²) >= 11 is 0. The summed E-state index contributed by atoms with van der Waals surface area (Å²) in [5, 5.41) is 8.78. The van der Waals surface area contributed by atoms with Crippen molar-refractivity contribution in [2.75, 3.05) is 4.90 Å². The molecule has 27 heavy (non-hydrogen) atoms. The van der Waals surface area contributed by atoms with Gasteiger partial charge in [-0.1, -0.05) is 36.4 Å². The van der Waals surface area contributed by atoms with Crippen LogP contribution in [0, 0.1) is 5.41 Å². The zero-order valence-corrected chi connectivity index (χ0v) is 14.8. The van der Waals surface area contributed by atoms with Gasteiger partial charge in [0.15, 0.2) is 5.78 Å². The van der Waals surface area contributed by atoms with E-state index in [2.05, 4.69) is 4.90 Å². The Morgan fingerprint density at radius 2 is 1.41 bits per heavy atom. The molecule has 0 amide bonds. The van der Waals surface area contributed by atoms with Crippen molar-refractivity contribution in [1.29, 1.82) is 5.41 Å². The van der Waals surface area contributed by atoms with Gasteiger partial charge in [0, 0.05) is 28.5 Å². The Morgan fingerprint density at radius 1 is 0.815 bits per heavy atom. The van der Waals surface area contributed by atoms with Crippen molar-refractivity contribution in [2.24, 2.45) is 0 Å². The number of nitrogens with one attached hydrogen (secondary N) is 1. The van der Waals surface area contributed by atoms with Crippen molar-refractivity contribution < 1.29 is 9.21 Å². The third-order valence-corrected chi connectivity index (χ3v) is 4.42. The fourth-order valence-corrected chi connectivity index (χ4v) is 3.12. The van der Waals surface area contributed by atoms with Crippen LogP contribution in [0.2, 0.25) is 0 Å². The minimum atomic E-state index is -0.176. The Hall–Kier alpha value is -3.66. The molecule has 4 rings (SSSR count). The fraction of sp³-hybridized carbons (Fsp3) is 0.0435. The molecule has 0 saturated heterocycles.